The van der Waals surface area contributed by atoms with Crippen LogP contribution in [0.2, 0.25) is 0 Å². The second-order valence-electron chi connectivity index (χ2n) is 5.50. The van der Waals surface area contributed by atoms with Crippen LogP contribution >= 0.6 is 23.6 Å². The number of allylic oxidation sites excluding steroid dienone is 1. The first-order valence-electron chi connectivity index (χ1n) is 7.52. The Morgan fingerprint density at radius 3 is 2.58 bits per heavy atom. The monoisotopic (exact) mass is 350 g/mol. The molecule has 3 nitrogen and oxygen atoms in total. The molecular formula is C19H14N2OS2. The van der Waals surface area contributed by atoms with Crippen LogP contribution in [0.3, 0.4) is 0 Å². The summed E-state index contributed by atoms with van der Waals surface area (Å²) >= 11 is 6.85. The summed E-state index contributed by atoms with van der Waals surface area (Å²) in [5.41, 5.74) is 4.88. The number of fused-ring (bicyclic) bond motifs is 1. The number of aromatic nitrogens is 1. The van der Waals surface area contributed by atoms with Crippen LogP contribution in [-0.2, 0) is 0 Å². The van der Waals surface area contributed by atoms with Gasteiger partial charge in [-0.3, -0.25) is 9.56 Å². The molecule has 1 aromatic heterocycles. The summed E-state index contributed by atoms with van der Waals surface area (Å²) in [5.74, 6) is 0.167. The van der Waals surface area contributed by atoms with E-state index in [1.54, 1.807) is 4.57 Å². The van der Waals surface area contributed by atoms with Crippen molar-refractivity contribution in [2.24, 2.45) is 4.99 Å². The van der Waals surface area contributed by atoms with Gasteiger partial charge in [0.1, 0.15) is 0 Å². The van der Waals surface area contributed by atoms with Gasteiger partial charge in [0.2, 0.25) is 5.88 Å². The third kappa shape index (κ3) is 2.42. The van der Waals surface area contributed by atoms with Crippen molar-refractivity contribution in [3.05, 3.63) is 69.0 Å². The standard InChI is InChI=1S/C19H14N2OS2/c1-12-15(14-9-5-6-10-16(14)20-12)11-17-18(22)21(19(23)24-17)13-7-3-2-4-8-13/h2-11,22H,1H3/b15-11+. The Morgan fingerprint density at radius 2 is 1.79 bits per heavy atom. The number of hydrogen-bond acceptors (Lipinski definition) is 4. The molecule has 1 N–H and O–H groups in total. The molecule has 1 aliphatic heterocycles. The van der Waals surface area contributed by atoms with Gasteiger partial charge in [0.15, 0.2) is 3.95 Å². The Kier molecular flexibility index (Phi) is 3.67. The highest BCUT2D eigenvalue weighted by Crippen LogP contribution is 2.38. The molecule has 4 rings (SSSR count). The zero-order chi connectivity index (χ0) is 16.7. The van der Waals surface area contributed by atoms with E-state index in [1.165, 1.54) is 11.3 Å². The van der Waals surface area contributed by atoms with E-state index < -0.39 is 0 Å². The second-order valence-corrected chi connectivity index (χ2v) is 7.17. The van der Waals surface area contributed by atoms with Crippen molar-refractivity contribution >= 4 is 46.6 Å². The lowest BCUT2D eigenvalue weighted by Crippen LogP contribution is -1.93. The van der Waals surface area contributed by atoms with E-state index in [9.17, 15) is 5.11 Å². The zero-order valence-electron chi connectivity index (χ0n) is 12.9. The minimum Gasteiger partial charge on any atom is -0.493 e. The third-order valence-electron chi connectivity index (χ3n) is 3.97. The van der Waals surface area contributed by atoms with Gasteiger partial charge in [-0.15, -0.1) is 11.3 Å². The fraction of sp³-hybridized carbons (Fsp3) is 0.0526. The number of para-hydroxylation sites is 2. The van der Waals surface area contributed by atoms with Gasteiger partial charge >= 0.3 is 0 Å². The summed E-state index contributed by atoms with van der Waals surface area (Å²) in [4.78, 5) is 5.33. The van der Waals surface area contributed by atoms with E-state index in [-0.39, 0.29) is 5.88 Å². The average molecular weight is 350 g/mol. The summed E-state index contributed by atoms with van der Waals surface area (Å²) in [6.45, 7) is 1.98. The maximum absolute atomic E-state index is 10.7. The molecule has 0 saturated carbocycles. The van der Waals surface area contributed by atoms with Crippen LogP contribution in [0.5, 0.6) is 5.88 Å². The lowest BCUT2D eigenvalue weighted by Gasteiger charge is -2.04. The largest absolute Gasteiger partial charge is 0.493 e. The first-order chi connectivity index (χ1) is 11.6. The van der Waals surface area contributed by atoms with Gasteiger partial charge in [-0.05, 0) is 43.4 Å². The van der Waals surface area contributed by atoms with Crippen molar-refractivity contribution in [3.63, 3.8) is 0 Å². The van der Waals surface area contributed by atoms with Crippen molar-refractivity contribution in [2.45, 2.75) is 6.92 Å². The van der Waals surface area contributed by atoms with Gasteiger partial charge in [0.05, 0.1) is 16.3 Å². The number of rotatable bonds is 2. The highest BCUT2D eigenvalue weighted by molar-refractivity contribution is 7.73. The van der Waals surface area contributed by atoms with Gasteiger partial charge in [0.25, 0.3) is 0 Å². The predicted molar refractivity (Wildman–Crippen MR) is 103 cm³/mol. The van der Waals surface area contributed by atoms with Crippen LogP contribution in [0, 0.1) is 3.95 Å². The highest BCUT2D eigenvalue weighted by Gasteiger charge is 2.19. The van der Waals surface area contributed by atoms with Crippen LogP contribution in [-0.4, -0.2) is 15.4 Å². The molecule has 5 heteroatoms. The average Bonchev–Trinajstić information content (AvgIpc) is 3.05. The predicted octanol–water partition coefficient (Wildman–Crippen LogP) is 5.62. The van der Waals surface area contributed by atoms with E-state index in [2.05, 4.69) is 4.99 Å². The molecule has 0 radical (unpaired) electrons. The molecule has 24 heavy (non-hydrogen) atoms. The fourth-order valence-corrected chi connectivity index (χ4v) is 4.12. The summed E-state index contributed by atoms with van der Waals surface area (Å²) in [5, 5.41) is 10.7. The highest BCUT2D eigenvalue weighted by atomic mass is 32.1. The molecule has 0 atom stereocenters. The van der Waals surface area contributed by atoms with E-state index in [4.69, 9.17) is 12.2 Å². The van der Waals surface area contributed by atoms with Crippen LogP contribution in [0.25, 0.3) is 17.3 Å². The Bertz CT molecular complexity index is 1040. The quantitative estimate of drug-likeness (QED) is 0.609. The Hall–Kier alpha value is -2.50. The number of nitrogens with zero attached hydrogens (tertiary/aromatic N) is 2. The van der Waals surface area contributed by atoms with E-state index in [0.29, 0.717) is 3.95 Å². The molecule has 0 fully saturated rings. The van der Waals surface area contributed by atoms with Crippen LogP contribution in [0.15, 0.2) is 59.6 Å². The zero-order valence-corrected chi connectivity index (χ0v) is 14.6. The van der Waals surface area contributed by atoms with Crippen LogP contribution in [0.4, 0.5) is 5.69 Å². The molecule has 0 unspecified atom stereocenters. The molecule has 0 amide bonds. The Balaban J connectivity index is 1.86. The molecular weight excluding hydrogens is 336 g/mol. The van der Waals surface area contributed by atoms with Crippen molar-refractivity contribution in [3.8, 4) is 11.6 Å². The molecule has 3 aromatic rings. The van der Waals surface area contributed by atoms with Crippen molar-refractivity contribution in [1.82, 2.24) is 4.57 Å². The lowest BCUT2D eigenvalue weighted by atomic mass is 10.0. The summed E-state index contributed by atoms with van der Waals surface area (Å²) in [6, 6.07) is 17.7. The maximum Gasteiger partial charge on any atom is 0.215 e. The summed E-state index contributed by atoms with van der Waals surface area (Å²) in [7, 11) is 0. The van der Waals surface area contributed by atoms with E-state index in [1.807, 2.05) is 67.6 Å². The molecule has 0 spiro atoms. The third-order valence-corrected chi connectivity index (χ3v) is 5.28. The number of hydrogen-bond donors (Lipinski definition) is 1. The van der Waals surface area contributed by atoms with E-state index in [0.717, 1.165) is 33.1 Å². The molecule has 0 aliphatic carbocycles. The molecule has 118 valence electrons. The molecule has 0 saturated heterocycles. The van der Waals surface area contributed by atoms with Gasteiger partial charge in [0, 0.05) is 16.8 Å². The Morgan fingerprint density at radius 1 is 1.08 bits per heavy atom. The number of aliphatic imine (C=N–C) groups is 1. The van der Waals surface area contributed by atoms with Crippen molar-refractivity contribution in [2.75, 3.05) is 0 Å². The minimum absolute atomic E-state index is 0.167. The lowest BCUT2D eigenvalue weighted by molar-refractivity contribution is 0.441. The molecule has 2 aromatic carbocycles. The normalized spacial score (nSPS) is 14.7. The van der Waals surface area contributed by atoms with Gasteiger partial charge in [-0.25, -0.2) is 0 Å². The first-order valence-corrected chi connectivity index (χ1v) is 8.74. The Labute approximate surface area is 148 Å². The fourth-order valence-electron chi connectivity index (χ4n) is 2.83. The molecule has 0 bridgehead atoms. The number of benzene rings is 2. The van der Waals surface area contributed by atoms with Gasteiger partial charge < -0.3 is 5.11 Å². The summed E-state index contributed by atoms with van der Waals surface area (Å²) < 4.78 is 2.31. The van der Waals surface area contributed by atoms with Gasteiger partial charge in [-0.1, -0.05) is 36.4 Å². The second kappa shape index (κ2) is 5.85. The number of aromatic hydroxyl groups is 1. The van der Waals surface area contributed by atoms with Crippen LogP contribution in [0.1, 0.15) is 17.4 Å². The SMILES string of the molecule is CC1=Nc2ccccc2/C1=C/c1sc(=S)n(-c2ccccc2)c1O. The summed E-state index contributed by atoms with van der Waals surface area (Å²) in [6.07, 6.45) is 1.97. The van der Waals surface area contributed by atoms with E-state index >= 15 is 0 Å². The topological polar surface area (TPSA) is 37.5 Å². The maximum atomic E-state index is 10.7. The molecule has 1 aliphatic rings. The smallest absolute Gasteiger partial charge is 0.215 e. The van der Waals surface area contributed by atoms with Gasteiger partial charge in [-0.2, -0.15) is 0 Å². The molecule has 2 heterocycles. The minimum atomic E-state index is 0.167. The first kappa shape index (κ1) is 15.1. The number of thiazole rings is 1. The van der Waals surface area contributed by atoms with Crippen molar-refractivity contribution in [1.29, 1.82) is 0 Å². The van der Waals surface area contributed by atoms with Crippen molar-refractivity contribution < 1.29 is 5.11 Å². The van der Waals surface area contributed by atoms with Crippen LogP contribution < -0.4 is 0 Å².